The number of anilines is 2. The standard InChI is InChI=1S/C23H31F2N5O/c1-15-11-21-26-19(13-20(23(24)25)30(21)27-15)17-5-4-10-29(14-17)22(31)12-16-6-8-18(9-7-16)28(2)3/h6-9,11,17,19-20,23,26H,4-5,10,12-14H2,1-3H3/t17-,19+,20-/m1/s1. The average molecular weight is 432 g/mol. The van der Waals surface area contributed by atoms with E-state index in [0.717, 1.165) is 36.3 Å². The fourth-order valence-corrected chi connectivity index (χ4v) is 4.77. The summed E-state index contributed by atoms with van der Waals surface area (Å²) in [5.74, 6) is 0.909. The molecule has 1 aromatic heterocycles. The van der Waals surface area contributed by atoms with E-state index in [-0.39, 0.29) is 17.9 Å². The highest BCUT2D eigenvalue weighted by Crippen LogP contribution is 2.36. The minimum atomic E-state index is -2.46. The molecule has 6 nitrogen and oxygen atoms in total. The van der Waals surface area contributed by atoms with Crippen molar-refractivity contribution < 1.29 is 13.6 Å². The number of alkyl halides is 2. The molecule has 1 aromatic carbocycles. The number of amides is 1. The lowest BCUT2D eigenvalue weighted by Crippen LogP contribution is -2.48. The highest BCUT2D eigenvalue weighted by Gasteiger charge is 2.38. The SMILES string of the molecule is Cc1cc2n(n1)[C@@H](C(F)F)C[C@@H]([C@@H]1CCCN(C(=O)Cc3ccc(N(C)C)cc3)C1)N2. The lowest BCUT2D eigenvalue weighted by molar-refractivity contribution is -0.132. The van der Waals surface area contributed by atoms with Crippen molar-refractivity contribution >= 4 is 17.4 Å². The van der Waals surface area contributed by atoms with Crippen LogP contribution in [0.5, 0.6) is 0 Å². The third kappa shape index (κ3) is 4.67. The lowest BCUT2D eigenvalue weighted by atomic mass is 9.85. The van der Waals surface area contributed by atoms with Gasteiger partial charge in [0.2, 0.25) is 5.91 Å². The Bertz CT molecular complexity index is 911. The summed E-state index contributed by atoms with van der Waals surface area (Å²) < 4.78 is 28.9. The number of rotatable bonds is 5. The maximum Gasteiger partial charge on any atom is 0.260 e. The van der Waals surface area contributed by atoms with Gasteiger partial charge in [0.1, 0.15) is 11.9 Å². The molecule has 168 valence electrons. The molecule has 0 unspecified atom stereocenters. The molecule has 1 amide bonds. The van der Waals surface area contributed by atoms with Crippen LogP contribution in [0.25, 0.3) is 0 Å². The van der Waals surface area contributed by atoms with Gasteiger partial charge in [0.15, 0.2) is 0 Å². The van der Waals surface area contributed by atoms with E-state index in [9.17, 15) is 13.6 Å². The van der Waals surface area contributed by atoms with Crippen LogP contribution in [0, 0.1) is 12.8 Å². The molecule has 4 rings (SSSR count). The van der Waals surface area contributed by atoms with Gasteiger partial charge in [-0.05, 0) is 49.8 Å². The summed E-state index contributed by atoms with van der Waals surface area (Å²) in [6.07, 6.45) is 0.0526. The molecular formula is C23H31F2N5O. The summed E-state index contributed by atoms with van der Waals surface area (Å²) in [6, 6.07) is 8.84. The van der Waals surface area contributed by atoms with Gasteiger partial charge in [0.25, 0.3) is 6.43 Å². The zero-order chi connectivity index (χ0) is 22.1. The Labute approximate surface area is 182 Å². The Hall–Kier alpha value is -2.64. The summed E-state index contributed by atoms with van der Waals surface area (Å²) >= 11 is 0. The number of halogens is 2. The molecule has 8 heteroatoms. The molecule has 0 aliphatic carbocycles. The number of likely N-dealkylation sites (tertiary alicyclic amines) is 1. The van der Waals surface area contributed by atoms with Gasteiger partial charge in [-0.3, -0.25) is 4.79 Å². The molecular weight excluding hydrogens is 400 g/mol. The van der Waals surface area contributed by atoms with E-state index in [1.54, 1.807) is 0 Å². The van der Waals surface area contributed by atoms with E-state index >= 15 is 0 Å². The van der Waals surface area contributed by atoms with Crippen LogP contribution >= 0.6 is 0 Å². The normalized spacial score (nSPS) is 23.4. The van der Waals surface area contributed by atoms with Crippen LogP contribution in [-0.4, -0.2) is 60.2 Å². The summed E-state index contributed by atoms with van der Waals surface area (Å²) in [6.45, 7) is 3.15. The third-order valence-corrected chi connectivity index (χ3v) is 6.48. The van der Waals surface area contributed by atoms with Crippen molar-refractivity contribution in [2.75, 3.05) is 37.4 Å². The molecule has 1 N–H and O–H groups in total. The summed E-state index contributed by atoms with van der Waals surface area (Å²) in [5.41, 5.74) is 2.82. The number of fused-ring (bicyclic) bond motifs is 1. The van der Waals surface area contributed by atoms with Gasteiger partial charge in [-0.15, -0.1) is 0 Å². The summed E-state index contributed by atoms with van der Waals surface area (Å²) in [4.78, 5) is 16.9. The van der Waals surface area contributed by atoms with Crippen LogP contribution < -0.4 is 10.2 Å². The van der Waals surface area contributed by atoms with Gasteiger partial charge >= 0.3 is 0 Å². The number of nitrogens with one attached hydrogen (secondary N) is 1. The van der Waals surface area contributed by atoms with E-state index in [1.165, 1.54) is 4.68 Å². The molecule has 2 aromatic rings. The molecule has 1 saturated heterocycles. The maximum atomic E-state index is 13.7. The second-order valence-corrected chi connectivity index (χ2v) is 8.98. The van der Waals surface area contributed by atoms with Gasteiger partial charge in [0.05, 0.1) is 12.1 Å². The molecule has 2 aliphatic heterocycles. The van der Waals surface area contributed by atoms with Crippen molar-refractivity contribution in [2.24, 2.45) is 5.92 Å². The molecule has 2 aliphatic rings. The molecule has 0 radical (unpaired) electrons. The maximum absolute atomic E-state index is 13.7. The Balaban J connectivity index is 1.41. The predicted molar refractivity (Wildman–Crippen MR) is 118 cm³/mol. The van der Waals surface area contributed by atoms with E-state index in [4.69, 9.17) is 0 Å². The molecule has 0 bridgehead atoms. The van der Waals surface area contributed by atoms with Crippen molar-refractivity contribution in [1.82, 2.24) is 14.7 Å². The molecule has 31 heavy (non-hydrogen) atoms. The second-order valence-electron chi connectivity index (χ2n) is 8.98. The van der Waals surface area contributed by atoms with E-state index in [2.05, 4.69) is 10.4 Å². The highest BCUT2D eigenvalue weighted by atomic mass is 19.3. The first-order valence-electron chi connectivity index (χ1n) is 11.0. The number of hydrogen-bond acceptors (Lipinski definition) is 4. The second kappa shape index (κ2) is 8.85. The number of hydrogen-bond donors (Lipinski definition) is 1. The number of aromatic nitrogens is 2. The topological polar surface area (TPSA) is 53.4 Å². The van der Waals surface area contributed by atoms with E-state index < -0.39 is 12.5 Å². The number of aryl methyl sites for hydroxylation is 1. The Morgan fingerprint density at radius 1 is 1.29 bits per heavy atom. The average Bonchev–Trinajstić information content (AvgIpc) is 3.13. The fraction of sp³-hybridized carbons (Fsp3) is 0.565. The van der Waals surface area contributed by atoms with Crippen molar-refractivity contribution in [3.05, 3.63) is 41.6 Å². The predicted octanol–water partition coefficient (Wildman–Crippen LogP) is 3.73. The largest absolute Gasteiger partial charge is 0.378 e. The highest BCUT2D eigenvalue weighted by molar-refractivity contribution is 5.79. The monoisotopic (exact) mass is 431 g/mol. The first kappa shape index (κ1) is 21.6. The number of nitrogens with zero attached hydrogens (tertiary/aromatic N) is 4. The molecule has 1 fully saturated rings. The minimum absolute atomic E-state index is 0.0856. The van der Waals surface area contributed by atoms with Crippen LogP contribution in [0.1, 0.15) is 36.6 Å². The van der Waals surface area contributed by atoms with Gasteiger partial charge in [-0.2, -0.15) is 5.10 Å². The van der Waals surface area contributed by atoms with E-state index in [1.807, 2.05) is 61.2 Å². The van der Waals surface area contributed by atoms with Gasteiger partial charge in [-0.1, -0.05) is 12.1 Å². The molecule has 3 heterocycles. The lowest BCUT2D eigenvalue weighted by Gasteiger charge is -2.41. The number of carbonyl (C=O) groups is 1. The Kier molecular flexibility index (Phi) is 6.16. The fourth-order valence-electron chi connectivity index (χ4n) is 4.77. The smallest absolute Gasteiger partial charge is 0.260 e. The zero-order valence-electron chi connectivity index (χ0n) is 18.4. The van der Waals surface area contributed by atoms with Crippen LogP contribution in [0.2, 0.25) is 0 Å². The minimum Gasteiger partial charge on any atom is -0.378 e. The third-order valence-electron chi connectivity index (χ3n) is 6.48. The van der Waals surface area contributed by atoms with Gasteiger partial charge in [0, 0.05) is 45.0 Å². The summed E-state index contributed by atoms with van der Waals surface area (Å²) in [5, 5.41) is 7.67. The van der Waals surface area contributed by atoms with Gasteiger partial charge < -0.3 is 15.1 Å². The zero-order valence-corrected chi connectivity index (χ0v) is 18.4. The molecule has 3 atom stereocenters. The Morgan fingerprint density at radius 3 is 2.71 bits per heavy atom. The molecule has 0 spiro atoms. The Morgan fingerprint density at radius 2 is 2.03 bits per heavy atom. The van der Waals surface area contributed by atoms with Crippen molar-refractivity contribution in [1.29, 1.82) is 0 Å². The molecule has 0 saturated carbocycles. The number of piperidine rings is 1. The van der Waals surface area contributed by atoms with E-state index in [0.29, 0.717) is 25.2 Å². The van der Waals surface area contributed by atoms with Crippen molar-refractivity contribution in [2.45, 2.75) is 51.1 Å². The first-order valence-corrected chi connectivity index (χ1v) is 11.0. The van der Waals surface area contributed by atoms with Crippen molar-refractivity contribution in [3.8, 4) is 0 Å². The summed E-state index contributed by atoms with van der Waals surface area (Å²) in [7, 11) is 3.97. The first-order chi connectivity index (χ1) is 14.8. The van der Waals surface area contributed by atoms with Crippen molar-refractivity contribution in [3.63, 3.8) is 0 Å². The van der Waals surface area contributed by atoms with Crippen LogP contribution in [0.3, 0.4) is 0 Å². The number of carbonyl (C=O) groups excluding carboxylic acids is 1. The van der Waals surface area contributed by atoms with Gasteiger partial charge in [-0.25, -0.2) is 13.5 Å². The van der Waals surface area contributed by atoms with Crippen LogP contribution in [0.15, 0.2) is 30.3 Å². The van der Waals surface area contributed by atoms with Crippen LogP contribution in [-0.2, 0) is 11.2 Å². The number of benzene rings is 1. The quantitative estimate of drug-likeness (QED) is 0.784. The van der Waals surface area contributed by atoms with Crippen LogP contribution in [0.4, 0.5) is 20.3 Å².